The molecule has 1 aromatic carbocycles. The van der Waals surface area contributed by atoms with Gasteiger partial charge in [0.1, 0.15) is 0 Å². The third-order valence-electron chi connectivity index (χ3n) is 3.34. The molecule has 1 atom stereocenters. The third kappa shape index (κ3) is 2.67. The van der Waals surface area contributed by atoms with Gasteiger partial charge in [0.2, 0.25) is 0 Å². The topological polar surface area (TPSA) is 35.8 Å². The molecule has 0 saturated carbocycles. The molecular weight excluding hydrogens is 238 g/mol. The van der Waals surface area contributed by atoms with Gasteiger partial charge in [0.15, 0.2) is 11.6 Å². The van der Waals surface area contributed by atoms with Crippen LogP contribution < -0.4 is 0 Å². The van der Waals surface area contributed by atoms with Crippen LogP contribution >= 0.6 is 0 Å². The summed E-state index contributed by atoms with van der Waals surface area (Å²) < 4.78 is 26.6. The van der Waals surface area contributed by atoms with Gasteiger partial charge in [0.05, 0.1) is 5.71 Å². The summed E-state index contributed by atoms with van der Waals surface area (Å²) in [5, 5.41) is 12.0. The second-order valence-electron chi connectivity index (χ2n) is 4.69. The minimum absolute atomic E-state index is 0.139. The highest BCUT2D eigenvalue weighted by Crippen LogP contribution is 2.19. The predicted octanol–water partition coefficient (Wildman–Crippen LogP) is 2.64. The van der Waals surface area contributed by atoms with Crippen molar-refractivity contribution >= 4 is 5.71 Å². The van der Waals surface area contributed by atoms with Gasteiger partial charge in [-0.3, -0.25) is 4.90 Å². The zero-order valence-electron chi connectivity index (χ0n) is 10.2. The van der Waals surface area contributed by atoms with Gasteiger partial charge in [-0.25, -0.2) is 8.78 Å². The molecule has 1 aromatic rings. The van der Waals surface area contributed by atoms with E-state index >= 15 is 0 Å². The number of piperidine rings is 1. The minimum atomic E-state index is -0.810. The SMILES string of the molecule is CC1CN(Cc2cccc(F)c2F)CC/C1=N\O. The van der Waals surface area contributed by atoms with Gasteiger partial charge in [-0.15, -0.1) is 0 Å². The molecule has 0 spiro atoms. The molecule has 3 nitrogen and oxygen atoms in total. The Balaban J connectivity index is 2.05. The fourth-order valence-corrected chi connectivity index (χ4v) is 2.31. The summed E-state index contributed by atoms with van der Waals surface area (Å²) >= 11 is 0. The van der Waals surface area contributed by atoms with E-state index in [0.29, 0.717) is 31.6 Å². The highest BCUT2D eigenvalue weighted by Gasteiger charge is 2.23. The van der Waals surface area contributed by atoms with E-state index in [0.717, 1.165) is 11.8 Å². The molecule has 1 aliphatic rings. The first-order chi connectivity index (χ1) is 8.61. The second-order valence-corrected chi connectivity index (χ2v) is 4.69. The molecule has 1 aliphatic heterocycles. The van der Waals surface area contributed by atoms with E-state index in [9.17, 15) is 8.78 Å². The molecule has 5 heteroatoms. The number of nitrogens with zero attached hydrogens (tertiary/aromatic N) is 2. The second kappa shape index (κ2) is 5.44. The molecule has 1 unspecified atom stereocenters. The van der Waals surface area contributed by atoms with Crippen LogP contribution in [0.1, 0.15) is 18.9 Å². The zero-order valence-corrected chi connectivity index (χ0v) is 10.2. The van der Waals surface area contributed by atoms with Crippen molar-refractivity contribution < 1.29 is 14.0 Å². The molecule has 98 valence electrons. The molecule has 0 bridgehead atoms. The van der Waals surface area contributed by atoms with E-state index in [2.05, 4.69) is 5.16 Å². The van der Waals surface area contributed by atoms with E-state index in [1.807, 2.05) is 11.8 Å². The molecule has 0 amide bonds. The summed E-state index contributed by atoms with van der Waals surface area (Å²) in [6, 6.07) is 4.23. The average Bonchev–Trinajstić information content (AvgIpc) is 2.35. The van der Waals surface area contributed by atoms with Crippen LogP contribution in [0.15, 0.2) is 23.4 Å². The molecule has 1 saturated heterocycles. The maximum Gasteiger partial charge on any atom is 0.163 e. The molecular formula is C13H16F2N2O. The van der Waals surface area contributed by atoms with Crippen LogP contribution in [0.4, 0.5) is 8.78 Å². The summed E-state index contributed by atoms with van der Waals surface area (Å²) in [5.41, 5.74) is 1.14. The van der Waals surface area contributed by atoms with Crippen LogP contribution in [0.25, 0.3) is 0 Å². The van der Waals surface area contributed by atoms with Crippen LogP contribution in [0.3, 0.4) is 0 Å². The molecule has 1 heterocycles. The van der Waals surface area contributed by atoms with Gasteiger partial charge in [-0.2, -0.15) is 0 Å². The van der Waals surface area contributed by atoms with E-state index in [1.54, 1.807) is 6.07 Å². The Kier molecular flexibility index (Phi) is 3.91. The monoisotopic (exact) mass is 254 g/mol. The maximum atomic E-state index is 13.5. The van der Waals surface area contributed by atoms with Crippen molar-refractivity contribution in [2.45, 2.75) is 19.9 Å². The van der Waals surface area contributed by atoms with Crippen molar-refractivity contribution in [3.8, 4) is 0 Å². The molecule has 1 fully saturated rings. The molecule has 18 heavy (non-hydrogen) atoms. The molecule has 0 aliphatic carbocycles. The quantitative estimate of drug-likeness (QED) is 0.650. The first-order valence-electron chi connectivity index (χ1n) is 5.98. The number of oxime groups is 1. The number of benzene rings is 1. The summed E-state index contributed by atoms with van der Waals surface area (Å²) in [4.78, 5) is 2.04. The fourth-order valence-electron chi connectivity index (χ4n) is 2.31. The summed E-state index contributed by atoms with van der Waals surface area (Å²) in [7, 11) is 0. The Morgan fingerprint density at radius 1 is 1.44 bits per heavy atom. The largest absolute Gasteiger partial charge is 0.411 e. The van der Waals surface area contributed by atoms with E-state index < -0.39 is 11.6 Å². The Morgan fingerprint density at radius 3 is 2.89 bits per heavy atom. The maximum absolute atomic E-state index is 13.5. The first-order valence-corrected chi connectivity index (χ1v) is 5.98. The number of hydrogen-bond acceptors (Lipinski definition) is 3. The standard InChI is InChI=1S/C13H16F2N2O/c1-9-7-17(6-5-12(9)16-18)8-10-3-2-4-11(14)13(10)15/h2-4,9,18H,5-8H2,1H3/b16-12+. The summed E-state index contributed by atoms with van der Waals surface area (Å²) in [6.07, 6.45) is 0.661. The highest BCUT2D eigenvalue weighted by molar-refractivity contribution is 5.86. The molecule has 0 aromatic heterocycles. The van der Waals surface area contributed by atoms with Crippen LogP contribution in [-0.4, -0.2) is 28.9 Å². The van der Waals surface area contributed by atoms with Crippen molar-refractivity contribution in [1.82, 2.24) is 4.90 Å². The van der Waals surface area contributed by atoms with Gasteiger partial charge >= 0.3 is 0 Å². The smallest absolute Gasteiger partial charge is 0.163 e. The lowest BCUT2D eigenvalue weighted by molar-refractivity contribution is 0.225. The van der Waals surface area contributed by atoms with Crippen molar-refractivity contribution in [3.63, 3.8) is 0 Å². The van der Waals surface area contributed by atoms with Crippen LogP contribution in [0.2, 0.25) is 0 Å². The molecule has 2 rings (SSSR count). The van der Waals surface area contributed by atoms with Gasteiger partial charge < -0.3 is 5.21 Å². The Bertz CT molecular complexity index is 462. The lowest BCUT2D eigenvalue weighted by atomic mass is 9.97. The molecule has 0 radical (unpaired) electrons. The normalized spacial score (nSPS) is 23.5. The van der Waals surface area contributed by atoms with Crippen molar-refractivity contribution in [2.24, 2.45) is 11.1 Å². The summed E-state index contributed by atoms with van der Waals surface area (Å²) in [6.45, 7) is 3.73. The van der Waals surface area contributed by atoms with Gasteiger partial charge in [0, 0.05) is 37.5 Å². The van der Waals surface area contributed by atoms with E-state index in [1.165, 1.54) is 6.07 Å². The van der Waals surface area contributed by atoms with Crippen molar-refractivity contribution in [1.29, 1.82) is 0 Å². The van der Waals surface area contributed by atoms with Crippen molar-refractivity contribution in [3.05, 3.63) is 35.4 Å². The number of hydrogen-bond donors (Lipinski definition) is 1. The zero-order chi connectivity index (χ0) is 13.1. The minimum Gasteiger partial charge on any atom is -0.411 e. The lowest BCUT2D eigenvalue weighted by Crippen LogP contribution is -2.39. The Morgan fingerprint density at radius 2 is 2.22 bits per heavy atom. The van der Waals surface area contributed by atoms with Gasteiger partial charge in [0.25, 0.3) is 0 Å². The number of likely N-dealkylation sites (tertiary alicyclic amines) is 1. The fraction of sp³-hybridized carbons (Fsp3) is 0.462. The molecule has 1 N–H and O–H groups in total. The summed E-state index contributed by atoms with van der Waals surface area (Å²) in [5.74, 6) is -1.44. The van der Waals surface area contributed by atoms with Crippen LogP contribution in [0, 0.1) is 17.6 Å². The lowest BCUT2D eigenvalue weighted by Gasteiger charge is -2.31. The van der Waals surface area contributed by atoms with Gasteiger partial charge in [-0.1, -0.05) is 24.2 Å². The average molecular weight is 254 g/mol. The van der Waals surface area contributed by atoms with E-state index in [4.69, 9.17) is 5.21 Å². The number of rotatable bonds is 2. The Labute approximate surface area is 105 Å². The highest BCUT2D eigenvalue weighted by atomic mass is 19.2. The van der Waals surface area contributed by atoms with Crippen LogP contribution in [-0.2, 0) is 6.54 Å². The van der Waals surface area contributed by atoms with Gasteiger partial charge in [-0.05, 0) is 6.07 Å². The Hall–Kier alpha value is -1.49. The predicted molar refractivity (Wildman–Crippen MR) is 64.6 cm³/mol. The third-order valence-corrected chi connectivity index (χ3v) is 3.34. The van der Waals surface area contributed by atoms with Crippen LogP contribution in [0.5, 0.6) is 0 Å². The first kappa shape index (κ1) is 13.0. The number of halogens is 2. The van der Waals surface area contributed by atoms with E-state index in [-0.39, 0.29) is 5.92 Å². The van der Waals surface area contributed by atoms with Crippen molar-refractivity contribution in [2.75, 3.05) is 13.1 Å².